The van der Waals surface area contributed by atoms with E-state index in [4.69, 9.17) is 4.74 Å². The van der Waals surface area contributed by atoms with Crippen LogP contribution in [0.15, 0.2) is 0 Å². The lowest BCUT2D eigenvalue weighted by Crippen LogP contribution is -2.54. The first-order valence-corrected chi connectivity index (χ1v) is 9.04. The van der Waals surface area contributed by atoms with Gasteiger partial charge < -0.3 is 10.1 Å². The fraction of sp³-hybridized carbons (Fsp3) is 0.750. The van der Waals surface area contributed by atoms with Gasteiger partial charge >= 0.3 is 0 Å². The Kier molecular flexibility index (Phi) is 6.95. The average Bonchev–Trinajstić information content (AvgIpc) is 2.83. The number of nitrogens with one attached hydrogen (secondary N) is 1. The molecule has 0 unspecified atom stereocenters. The third kappa shape index (κ3) is 5.24. The van der Waals surface area contributed by atoms with Gasteiger partial charge in [0.2, 0.25) is 5.91 Å². The van der Waals surface area contributed by atoms with Crippen LogP contribution in [0.1, 0.15) is 23.9 Å². The standard InChI is InChI=1S/C16H28N4O2S/c1-5-14-10-19(6-7-20(14)8-9-22-4)11-15(21)18-16-17-12(2)13(3)23-16/h14H,5-11H2,1-4H3,(H,17,18,21)/t14-/m0/s1. The van der Waals surface area contributed by atoms with Gasteiger partial charge in [-0.3, -0.25) is 14.6 Å². The molecule has 1 aliphatic heterocycles. The highest BCUT2D eigenvalue weighted by Crippen LogP contribution is 2.21. The van der Waals surface area contributed by atoms with Crippen molar-refractivity contribution >= 4 is 22.4 Å². The van der Waals surface area contributed by atoms with Gasteiger partial charge in [-0.25, -0.2) is 4.98 Å². The average molecular weight is 340 g/mol. The summed E-state index contributed by atoms with van der Waals surface area (Å²) in [5.41, 5.74) is 0.989. The van der Waals surface area contributed by atoms with Crippen molar-refractivity contribution in [3.63, 3.8) is 0 Å². The summed E-state index contributed by atoms with van der Waals surface area (Å²) < 4.78 is 5.18. The molecule has 6 nitrogen and oxygen atoms in total. The first-order valence-electron chi connectivity index (χ1n) is 8.22. The number of methoxy groups -OCH3 is 1. The molecule has 0 spiro atoms. The van der Waals surface area contributed by atoms with Crippen LogP contribution < -0.4 is 5.32 Å². The molecule has 1 saturated heterocycles. The van der Waals surface area contributed by atoms with Crippen molar-refractivity contribution in [3.05, 3.63) is 10.6 Å². The monoisotopic (exact) mass is 340 g/mol. The zero-order valence-electron chi connectivity index (χ0n) is 14.6. The van der Waals surface area contributed by atoms with E-state index in [1.165, 1.54) is 11.3 Å². The van der Waals surface area contributed by atoms with E-state index in [0.717, 1.165) is 49.8 Å². The second-order valence-corrected chi connectivity index (χ2v) is 7.24. The Bertz CT molecular complexity index is 501. The third-order valence-electron chi connectivity index (χ3n) is 4.38. The largest absolute Gasteiger partial charge is 0.383 e. The number of ether oxygens (including phenoxy) is 1. The number of anilines is 1. The summed E-state index contributed by atoms with van der Waals surface area (Å²) in [4.78, 5) is 22.4. The van der Waals surface area contributed by atoms with Crippen LogP contribution in [0.25, 0.3) is 0 Å². The highest BCUT2D eigenvalue weighted by atomic mass is 32.1. The van der Waals surface area contributed by atoms with Crippen LogP contribution in [-0.4, -0.2) is 73.2 Å². The Hall–Kier alpha value is -1.02. The number of thiazole rings is 1. The first-order chi connectivity index (χ1) is 11.0. The van der Waals surface area contributed by atoms with Crippen molar-refractivity contribution in [3.8, 4) is 0 Å². The maximum atomic E-state index is 12.2. The number of carbonyl (C=O) groups is 1. The van der Waals surface area contributed by atoms with Crippen molar-refractivity contribution in [2.45, 2.75) is 33.2 Å². The van der Waals surface area contributed by atoms with Gasteiger partial charge in [0.1, 0.15) is 0 Å². The molecule has 1 aliphatic rings. The second kappa shape index (κ2) is 8.73. The summed E-state index contributed by atoms with van der Waals surface area (Å²) >= 11 is 1.54. The predicted molar refractivity (Wildman–Crippen MR) is 94.2 cm³/mol. The van der Waals surface area contributed by atoms with Crippen LogP contribution in [-0.2, 0) is 9.53 Å². The summed E-state index contributed by atoms with van der Waals surface area (Å²) in [7, 11) is 1.74. The van der Waals surface area contributed by atoms with Crippen molar-refractivity contribution in [2.24, 2.45) is 0 Å². The van der Waals surface area contributed by atoms with Crippen LogP contribution in [0.5, 0.6) is 0 Å². The number of rotatable bonds is 7. The molecule has 2 heterocycles. The zero-order chi connectivity index (χ0) is 16.8. The lowest BCUT2D eigenvalue weighted by atomic mass is 10.1. The summed E-state index contributed by atoms with van der Waals surface area (Å²) in [6.07, 6.45) is 1.09. The lowest BCUT2D eigenvalue weighted by Gasteiger charge is -2.40. The van der Waals surface area contributed by atoms with Gasteiger partial charge in [0.15, 0.2) is 5.13 Å². The number of amides is 1. The van der Waals surface area contributed by atoms with Crippen LogP contribution in [0.4, 0.5) is 5.13 Å². The molecule has 1 N–H and O–H groups in total. The SMILES string of the molecule is CC[C@H]1CN(CC(=O)Nc2nc(C)c(C)s2)CCN1CCOC. The summed E-state index contributed by atoms with van der Waals surface area (Å²) in [5, 5.41) is 3.63. The van der Waals surface area contributed by atoms with E-state index in [-0.39, 0.29) is 5.91 Å². The molecular weight excluding hydrogens is 312 g/mol. The molecule has 130 valence electrons. The van der Waals surface area contributed by atoms with Crippen molar-refractivity contribution < 1.29 is 9.53 Å². The van der Waals surface area contributed by atoms with Gasteiger partial charge in [0.25, 0.3) is 0 Å². The van der Waals surface area contributed by atoms with E-state index in [0.29, 0.717) is 17.7 Å². The molecule has 0 saturated carbocycles. The van der Waals surface area contributed by atoms with Crippen LogP contribution >= 0.6 is 11.3 Å². The van der Waals surface area contributed by atoms with Gasteiger partial charge in [0, 0.05) is 44.2 Å². The molecule has 0 radical (unpaired) electrons. The predicted octanol–water partition coefficient (Wildman–Crippen LogP) is 1.74. The second-order valence-electron chi connectivity index (χ2n) is 6.03. The van der Waals surface area contributed by atoms with Gasteiger partial charge in [-0.1, -0.05) is 6.92 Å². The summed E-state index contributed by atoms with van der Waals surface area (Å²) in [5.74, 6) is 0.0268. The number of aryl methyl sites for hydroxylation is 2. The van der Waals surface area contributed by atoms with Gasteiger partial charge in [0.05, 0.1) is 18.8 Å². The van der Waals surface area contributed by atoms with Crippen molar-refractivity contribution in [1.82, 2.24) is 14.8 Å². The van der Waals surface area contributed by atoms with E-state index in [2.05, 4.69) is 27.0 Å². The minimum atomic E-state index is 0.0268. The maximum Gasteiger partial charge on any atom is 0.240 e. The van der Waals surface area contributed by atoms with E-state index < -0.39 is 0 Å². The molecule has 1 aromatic heterocycles. The number of piperazine rings is 1. The van der Waals surface area contributed by atoms with Crippen LogP contribution in [0.2, 0.25) is 0 Å². The Morgan fingerprint density at radius 1 is 1.43 bits per heavy atom. The normalized spacial score (nSPS) is 19.9. The summed E-state index contributed by atoms with van der Waals surface area (Å²) in [6, 6.07) is 0.496. The molecule has 23 heavy (non-hydrogen) atoms. The van der Waals surface area contributed by atoms with Crippen LogP contribution in [0.3, 0.4) is 0 Å². The van der Waals surface area contributed by atoms with E-state index >= 15 is 0 Å². The number of hydrogen-bond donors (Lipinski definition) is 1. The highest BCUT2D eigenvalue weighted by molar-refractivity contribution is 7.15. The van der Waals surface area contributed by atoms with E-state index in [1.807, 2.05) is 13.8 Å². The minimum Gasteiger partial charge on any atom is -0.383 e. The van der Waals surface area contributed by atoms with Gasteiger partial charge in [-0.05, 0) is 20.3 Å². The Labute approximate surface area is 142 Å². The molecular formula is C16H28N4O2S. The fourth-order valence-electron chi connectivity index (χ4n) is 2.88. The maximum absolute atomic E-state index is 12.2. The Morgan fingerprint density at radius 3 is 2.83 bits per heavy atom. The fourth-order valence-corrected chi connectivity index (χ4v) is 3.71. The molecule has 1 fully saturated rings. The molecule has 7 heteroatoms. The quantitative estimate of drug-likeness (QED) is 0.819. The van der Waals surface area contributed by atoms with Gasteiger partial charge in [-0.15, -0.1) is 11.3 Å². The Balaban J connectivity index is 1.82. The number of hydrogen-bond acceptors (Lipinski definition) is 6. The molecule has 0 aromatic carbocycles. The van der Waals surface area contributed by atoms with E-state index in [9.17, 15) is 4.79 Å². The number of aromatic nitrogens is 1. The topological polar surface area (TPSA) is 57.7 Å². The Morgan fingerprint density at radius 2 is 2.22 bits per heavy atom. The minimum absolute atomic E-state index is 0.0268. The first kappa shape index (κ1) is 18.3. The smallest absolute Gasteiger partial charge is 0.240 e. The molecule has 2 rings (SSSR count). The lowest BCUT2D eigenvalue weighted by molar-refractivity contribution is -0.118. The molecule has 1 atom stereocenters. The zero-order valence-corrected chi connectivity index (χ0v) is 15.4. The third-order valence-corrected chi connectivity index (χ3v) is 5.37. The number of nitrogens with zero attached hydrogens (tertiary/aromatic N) is 3. The molecule has 0 bridgehead atoms. The van der Waals surface area contributed by atoms with Crippen molar-refractivity contribution in [2.75, 3.05) is 51.8 Å². The molecule has 0 aliphatic carbocycles. The van der Waals surface area contributed by atoms with Crippen molar-refractivity contribution in [1.29, 1.82) is 0 Å². The van der Waals surface area contributed by atoms with Gasteiger partial charge in [-0.2, -0.15) is 0 Å². The number of carbonyl (C=O) groups excluding carboxylic acids is 1. The molecule has 1 amide bonds. The van der Waals surface area contributed by atoms with Crippen LogP contribution in [0, 0.1) is 13.8 Å². The summed E-state index contributed by atoms with van der Waals surface area (Å²) in [6.45, 7) is 11.2. The highest BCUT2D eigenvalue weighted by Gasteiger charge is 2.26. The van der Waals surface area contributed by atoms with E-state index in [1.54, 1.807) is 7.11 Å². The molecule has 1 aromatic rings.